The lowest BCUT2D eigenvalue weighted by Crippen LogP contribution is -2.35. The number of carbonyl (C=O) groups is 1. The zero-order chi connectivity index (χ0) is 15.6. The first-order chi connectivity index (χ1) is 11.3. The van der Waals surface area contributed by atoms with Crippen molar-refractivity contribution in [1.29, 1.82) is 0 Å². The zero-order valence-corrected chi connectivity index (χ0v) is 12.7. The molecule has 1 fully saturated rings. The molecular formula is C17H17N5O. The van der Waals surface area contributed by atoms with E-state index in [1.54, 1.807) is 6.20 Å². The van der Waals surface area contributed by atoms with E-state index in [9.17, 15) is 4.79 Å². The fourth-order valence-electron chi connectivity index (χ4n) is 2.98. The van der Waals surface area contributed by atoms with Crippen molar-refractivity contribution in [1.82, 2.24) is 24.5 Å². The molecule has 0 aliphatic carbocycles. The second kappa shape index (κ2) is 5.79. The zero-order valence-electron chi connectivity index (χ0n) is 12.7. The Morgan fingerprint density at radius 1 is 1.00 bits per heavy atom. The van der Waals surface area contributed by atoms with Gasteiger partial charge in [-0.1, -0.05) is 12.1 Å². The van der Waals surface area contributed by atoms with E-state index in [0.29, 0.717) is 5.78 Å². The van der Waals surface area contributed by atoms with E-state index in [-0.39, 0.29) is 5.91 Å². The summed E-state index contributed by atoms with van der Waals surface area (Å²) in [4.78, 5) is 18.6. The number of hydrogen-bond donors (Lipinski definition) is 0. The van der Waals surface area contributed by atoms with Gasteiger partial charge in [0.05, 0.1) is 0 Å². The third kappa shape index (κ3) is 2.56. The Hall–Kier alpha value is -2.76. The predicted molar refractivity (Wildman–Crippen MR) is 86.0 cm³/mol. The number of carbonyl (C=O) groups excluding carboxylic acids is 1. The van der Waals surface area contributed by atoms with Crippen molar-refractivity contribution >= 4 is 11.7 Å². The molecule has 0 spiro atoms. The summed E-state index contributed by atoms with van der Waals surface area (Å²) in [6, 6.07) is 9.41. The minimum absolute atomic E-state index is 0.115. The van der Waals surface area contributed by atoms with Gasteiger partial charge in [0.2, 0.25) is 0 Å². The molecule has 1 saturated heterocycles. The Labute approximate surface area is 133 Å². The summed E-state index contributed by atoms with van der Waals surface area (Å²) in [6.45, 7) is 1.72. The summed E-state index contributed by atoms with van der Waals surface area (Å²) < 4.78 is 1.83. The van der Waals surface area contributed by atoms with Crippen molar-refractivity contribution in [2.24, 2.45) is 0 Å². The van der Waals surface area contributed by atoms with Gasteiger partial charge in [0.25, 0.3) is 11.7 Å². The smallest absolute Gasteiger partial charge is 0.255 e. The molecule has 1 aliphatic rings. The third-order valence-electron chi connectivity index (χ3n) is 4.22. The minimum Gasteiger partial charge on any atom is -0.339 e. The van der Waals surface area contributed by atoms with Gasteiger partial charge in [-0.05, 0) is 37.5 Å². The SMILES string of the molecule is O=C(c1ccc(-c2nnc3ncccn23)cc1)N1CCCCC1. The summed E-state index contributed by atoms with van der Waals surface area (Å²) in [5, 5.41) is 8.24. The number of fused-ring (bicyclic) bond motifs is 1. The lowest BCUT2D eigenvalue weighted by molar-refractivity contribution is 0.0724. The normalized spacial score (nSPS) is 15.0. The summed E-state index contributed by atoms with van der Waals surface area (Å²) in [5.74, 6) is 1.41. The molecule has 4 rings (SSSR count). The number of hydrogen-bond acceptors (Lipinski definition) is 4. The largest absolute Gasteiger partial charge is 0.339 e. The maximum Gasteiger partial charge on any atom is 0.255 e. The lowest BCUT2D eigenvalue weighted by Gasteiger charge is -2.26. The number of rotatable bonds is 2. The van der Waals surface area contributed by atoms with Crippen LogP contribution >= 0.6 is 0 Å². The average Bonchev–Trinajstić information content (AvgIpc) is 3.06. The Bertz CT molecular complexity index is 834. The standard InChI is InChI=1S/C17H17N5O/c23-16(21-10-2-1-3-11-21)14-7-5-13(6-8-14)15-19-20-17-18-9-4-12-22(15)17/h4-9,12H,1-3,10-11H2. The first kappa shape index (κ1) is 13.9. The number of benzene rings is 1. The number of nitrogens with zero attached hydrogens (tertiary/aromatic N) is 5. The molecule has 1 aromatic carbocycles. The second-order valence-corrected chi connectivity index (χ2v) is 5.74. The average molecular weight is 307 g/mol. The van der Waals surface area contributed by atoms with E-state index in [1.165, 1.54) is 6.42 Å². The Balaban J connectivity index is 1.61. The molecule has 0 atom stereocenters. The van der Waals surface area contributed by atoms with Crippen molar-refractivity contribution in [2.75, 3.05) is 13.1 Å². The summed E-state index contributed by atoms with van der Waals surface area (Å²) >= 11 is 0. The van der Waals surface area contributed by atoms with E-state index >= 15 is 0 Å². The topological polar surface area (TPSA) is 63.4 Å². The van der Waals surface area contributed by atoms with Crippen LogP contribution in [0.5, 0.6) is 0 Å². The van der Waals surface area contributed by atoms with Gasteiger partial charge in [-0.25, -0.2) is 4.98 Å². The van der Waals surface area contributed by atoms with Gasteiger partial charge in [-0.3, -0.25) is 9.20 Å². The maximum atomic E-state index is 12.5. The van der Waals surface area contributed by atoms with Crippen LogP contribution in [0.3, 0.4) is 0 Å². The maximum absolute atomic E-state index is 12.5. The quantitative estimate of drug-likeness (QED) is 0.729. The van der Waals surface area contributed by atoms with Crippen molar-refractivity contribution in [3.63, 3.8) is 0 Å². The molecule has 6 nitrogen and oxygen atoms in total. The number of likely N-dealkylation sites (tertiary alicyclic amines) is 1. The molecule has 23 heavy (non-hydrogen) atoms. The van der Waals surface area contributed by atoms with Crippen LogP contribution in [-0.4, -0.2) is 43.5 Å². The Kier molecular flexibility index (Phi) is 3.49. The predicted octanol–water partition coefficient (Wildman–Crippen LogP) is 2.42. The Morgan fingerprint density at radius 2 is 1.78 bits per heavy atom. The molecule has 3 aromatic rings. The molecule has 116 valence electrons. The van der Waals surface area contributed by atoms with Gasteiger partial charge in [0, 0.05) is 36.6 Å². The highest BCUT2D eigenvalue weighted by molar-refractivity contribution is 5.94. The molecule has 0 N–H and O–H groups in total. The van der Waals surface area contributed by atoms with Crippen LogP contribution in [0.25, 0.3) is 17.2 Å². The van der Waals surface area contributed by atoms with Crippen molar-refractivity contribution in [3.8, 4) is 11.4 Å². The highest BCUT2D eigenvalue weighted by Gasteiger charge is 2.18. The van der Waals surface area contributed by atoms with Gasteiger partial charge in [0.1, 0.15) is 0 Å². The lowest BCUT2D eigenvalue weighted by atomic mass is 10.1. The second-order valence-electron chi connectivity index (χ2n) is 5.74. The summed E-state index contributed by atoms with van der Waals surface area (Å²) in [5.41, 5.74) is 1.64. The molecular weight excluding hydrogens is 290 g/mol. The molecule has 1 aliphatic heterocycles. The first-order valence-electron chi connectivity index (χ1n) is 7.88. The first-order valence-corrected chi connectivity index (χ1v) is 7.88. The van der Waals surface area contributed by atoms with E-state index < -0.39 is 0 Å². The van der Waals surface area contributed by atoms with Crippen LogP contribution in [0.1, 0.15) is 29.6 Å². The highest BCUT2D eigenvalue weighted by Crippen LogP contribution is 2.19. The van der Waals surface area contributed by atoms with Crippen LogP contribution in [0.2, 0.25) is 0 Å². The van der Waals surface area contributed by atoms with Gasteiger partial charge in [-0.2, -0.15) is 0 Å². The van der Waals surface area contributed by atoms with Crippen molar-refractivity contribution in [3.05, 3.63) is 48.3 Å². The van der Waals surface area contributed by atoms with Gasteiger partial charge in [-0.15, -0.1) is 10.2 Å². The van der Waals surface area contributed by atoms with Crippen LogP contribution in [0, 0.1) is 0 Å². The number of amides is 1. The van der Waals surface area contributed by atoms with E-state index in [1.807, 2.05) is 45.8 Å². The van der Waals surface area contributed by atoms with E-state index in [2.05, 4.69) is 15.2 Å². The summed E-state index contributed by atoms with van der Waals surface area (Å²) in [6.07, 6.45) is 6.99. The monoisotopic (exact) mass is 307 g/mol. The Morgan fingerprint density at radius 3 is 2.57 bits per heavy atom. The highest BCUT2D eigenvalue weighted by atomic mass is 16.2. The molecule has 2 aromatic heterocycles. The van der Waals surface area contributed by atoms with Crippen LogP contribution < -0.4 is 0 Å². The van der Waals surface area contributed by atoms with Crippen LogP contribution in [0.4, 0.5) is 0 Å². The molecule has 0 saturated carbocycles. The van der Waals surface area contributed by atoms with Gasteiger partial charge in [0.15, 0.2) is 5.82 Å². The number of piperidine rings is 1. The van der Waals surface area contributed by atoms with E-state index in [4.69, 9.17) is 0 Å². The molecule has 0 bridgehead atoms. The molecule has 6 heteroatoms. The van der Waals surface area contributed by atoms with Crippen LogP contribution in [-0.2, 0) is 0 Å². The third-order valence-corrected chi connectivity index (χ3v) is 4.22. The fourth-order valence-corrected chi connectivity index (χ4v) is 2.98. The van der Waals surface area contributed by atoms with Crippen molar-refractivity contribution in [2.45, 2.75) is 19.3 Å². The van der Waals surface area contributed by atoms with Gasteiger partial charge >= 0.3 is 0 Å². The van der Waals surface area contributed by atoms with Crippen molar-refractivity contribution < 1.29 is 4.79 Å². The summed E-state index contributed by atoms with van der Waals surface area (Å²) in [7, 11) is 0. The van der Waals surface area contributed by atoms with Gasteiger partial charge < -0.3 is 4.90 Å². The number of aromatic nitrogens is 4. The molecule has 0 unspecified atom stereocenters. The van der Waals surface area contributed by atoms with E-state index in [0.717, 1.165) is 42.9 Å². The fraction of sp³-hybridized carbons (Fsp3) is 0.294. The van der Waals surface area contributed by atoms with Crippen LogP contribution in [0.15, 0.2) is 42.7 Å². The molecule has 3 heterocycles. The minimum atomic E-state index is 0.115. The molecule has 0 radical (unpaired) electrons. The molecule has 1 amide bonds.